The maximum Gasteiger partial charge on any atom is 0.243 e. The first-order valence-corrected chi connectivity index (χ1v) is 8.58. The minimum Gasteiger partial charge on any atom is -1.00 e. The molecule has 0 aliphatic rings. The lowest BCUT2D eigenvalue weighted by molar-refractivity contribution is -0.671. The van der Waals surface area contributed by atoms with Crippen LogP contribution in [0, 0.1) is 0 Å². The average Bonchev–Trinajstić information content (AvgIpc) is 3.11. The second kappa shape index (κ2) is 15.7. The number of hydrogen-bond acceptors (Lipinski definition) is 2. The molecule has 0 bridgehead atoms. The first-order valence-electron chi connectivity index (χ1n) is 8.58. The Morgan fingerprint density at radius 1 is 0.920 bits per heavy atom. The van der Waals surface area contributed by atoms with Gasteiger partial charge < -0.3 is 22.3 Å². The highest BCUT2D eigenvalue weighted by Crippen LogP contribution is 1.92. The minimum atomic E-state index is -1.08. The molecule has 2 rings (SSSR count). The van der Waals surface area contributed by atoms with Crippen LogP contribution in [0.25, 0.3) is 0 Å². The van der Waals surface area contributed by atoms with Crippen LogP contribution in [-0.2, 0) is 32.0 Å². The lowest BCUT2D eigenvalue weighted by Gasteiger charge is -1.90. The number of carbonyl (C=O) groups is 1. The van der Waals surface area contributed by atoms with Crippen LogP contribution in [0.5, 0.6) is 0 Å². The molecule has 0 saturated heterocycles. The first kappa shape index (κ1) is 25.4. The molecule has 7 heteroatoms. The van der Waals surface area contributed by atoms with Crippen molar-refractivity contribution in [3.63, 3.8) is 0 Å². The van der Waals surface area contributed by atoms with Crippen molar-refractivity contribution < 1.29 is 31.4 Å². The lowest BCUT2D eigenvalue weighted by atomic mass is 10.3. The molecule has 6 nitrogen and oxygen atoms in total. The summed E-state index contributed by atoms with van der Waals surface area (Å²) in [5.41, 5.74) is 0. The molecule has 0 amide bonds. The standard InChI is InChI=1S/2C8H15N2.C2H4O2.ClH/c2*1-3-4-5-10-7-6-9(2)8-10;1-2(3)4;/h2*6-8H,3-5H2,1-2H3;1H3,(H,3,4);1H/q2*+1;;/p-2. The average molecular weight is 373 g/mol. The zero-order valence-electron chi connectivity index (χ0n) is 16.2. The van der Waals surface area contributed by atoms with Crippen molar-refractivity contribution in [1.82, 2.24) is 9.13 Å². The number of aryl methyl sites for hydroxylation is 4. The van der Waals surface area contributed by atoms with E-state index in [0.29, 0.717) is 0 Å². The maximum absolute atomic E-state index is 8.89. The van der Waals surface area contributed by atoms with Crippen LogP contribution in [0.4, 0.5) is 0 Å². The number of unbranched alkanes of at least 4 members (excludes halogenated alkanes) is 2. The molecule has 0 N–H and O–H groups in total. The summed E-state index contributed by atoms with van der Waals surface area (Å²) in [6.07, 6.45) is 17.6. The third kappa shape index (κ3) is 15.4. The fraction of sp³-hybridized carbons (Fsp3) is 0.611. The summed E-state index contributed by atoms with van der Waals surface area (Å²) < 4.78 is 8.55. The minimum absolute atomic E-state index is 0. The second-order valence-corrected chi connectivity index (χ2v) is 5.83. The first-order chi connectivity index (χ1) is 11.4. The molecule has 144 valence electrons. The predicted molar refractivity (Wildman–Crippen MR) is 91.7 cm³/mol. The van der Waals surface area contributed by atoms with E-state index in [2.05, 4.69) is 69.6 Å². The Bertz CT molecular complexity index is 519. The predicted octanol–water partition coefficient (Wildman–Crippen LogP) is -2.01. The molecule has 0 unspecified atom stereocenters. The highest BCUT2D eigenvalue weighted by Gasteiger charge is 1.97. The van der Waals surface area contributed by atoms with Gasteiger partial charge in [0.1, 0.15) is 24.8 Å². The number of halogens is 1. The van der Waals surface area contributed by atoms with Gasteiger partial charge in [-0.05, 0) is 19.8 Å². The summed E-state index contributed by atoms with van der Waals surface area (Å²) in [5, 5.41) is 8.89. The third-order valence-electron chi connectivity index (χ3n) is 3.19. The zero-order chi connectivity index (χ0) is 18.4. The summed E-state index contributed by atoms with van der Waals surface area (Å²) in [6.45, 7) is 7.70. The van der Waals surface area contributed by atoms with Crippen LogP contribution in [-0.4, -0.2) is 15.1 Å². The van der Waals surface area contributed by atoms with Crippen molar-refractivity contribution in [3.05, 3.63) is 37.4 Å². The molecule has 0 fully saturated rings. The largest absolute Gasteiger partial charge is 1.00 e. The number of aromatic nitrogens is 4. The number of rotatable bonds is 6. The molecular formula is C18H33ClN4O2. The van der Waals surface area contributed by atoms with E-state index in [9.17, 15) is 0 Å². The molecule has 0 atom stereocenters. The van der Waals surface area contributed by atoms with Gasteiger partial charge in [0.05, 0.1) is 27.2 Å². The van der Waals surface area contributed by atoms with E-state index in [1.807, 2.05) is 14.1 Å². The van der Waals surface area contributed by atoms with Gasteiger partial charge in [0, 0.05) is 5.97 Å². The molecule has 0 aromatic carbocycles. The molecule has 0 radical (unpaired) electrons. The van der Waals surface area contributed by atoms with Gasteiger partial charge in [-0.3, -0.25) is 0 Å². The van der Waals surface area contributed by atoms with E-state index in [-0.39, 0.29) is 12.4 Å². The summed E-state index contributed by atoms with van der Waals surface area (Å²) in [6, 6.07) is 0. The molecule has 0 spiro atoms. The number of hydrogen-bond donors (Lipinski definition) is 0. The number of carbonyl (C=O) groups excluding carboxylic acids is 1. The fourth-order valence-electron chi connectivity index (χ4n) is 1.95. The second-order valence-electron chi connectivity index (χ2n) is 5.83. The Kier molecular flexibility index (Phi) is 16.0. The van der Waals surface area contributed by atoms with Crippen molar-refractivity contribution in [2.24, 2.45) is 14.1 Å². The maximum atomic E-state index is 8.89. The van der Waals surface area contributed by atoms with Gasteiger partial charge in [-0.15, -0.1) is 0 Å². The van der Waals surface area contributed by atoms with Gasteiger partial charge in [-0.1, -0.05) is 26.7 Å². The number of carboxylic acid groups (broad SMARTS) is 1. The van der Waals surface area contributed by atoms with E-state index >= 15 is 0 Å². The zero-order valence-corrected chi connectivity index (χ0v) is 16.9. The van der Waals surface area contributed by atoms with Crippen LogP contribution in [0.1, 0.15) is 46.5 Å². The van der Waals surface area contributed by atoms with Crippen molar-refractivity contribution in [3.8, 4) is 0 Å². The van der Waals surface area contributed by atoms with Crippen LogP contribution in [0.15, 0.2) is 37.4 Å². The van der Waals surface area contributed by atoms with Crippen LogP contribution < -0.4 is 26.6 Å². The highest BCUT2D eigenvalue weighted by molar-refractivity contribution is 5.60. The molecule has 0 saturated carbocycles. The van der Waals surface area contributed by atoms with Crippen molar-refractivity contribution >= 4 is 5.97 Å². The van der Waals surface area contributed by atoms with Gasteiger partial charge in [0.2, 0.25) is 12.7 Å². The van der Waals surface area contributed by atoms with E-state index in [1.165, 1.54) is 25.7 Å². The number of nitrogens with zero attached hydrogens (tertiary/aromatic N) is 4. The van der Waals surface area contributed by atoms with Gasteiger partial charge in [0.25, 0.3) is 0 Å². The smallest absolute Gasteiger partial charge is 0.243 e. The Hall–Kier alpha value is -1.82. The van der Waals surface area contributed by atoms with E-state index in [1.54, 1.807) is 0 Å². The molecular weight excluding hydrogens is 340 g/mol. The van der Waals surface area contributed by atoms with Crippen LogP contribution in [0.3, 0.4) is 0 Å². The van der Waals surface area contributed by atoms with Crippen molar-refractivity contribution in [2.45, 2.75) is 59.5 Å². The molecule has 25 heavy (non-hydrogen) atoms. The Labute approximate surface area is 158 Å². The monoisotopic (exact) mass is 372 g/mol. The molecule has 2 heterocycles. The molecule has 0 aliphatic heterocycles. The fourth-order valence-corrected chi connectivity index (χ4v) is 1.95. The van der Waals surface area contributed by atoms with Crippen molar-refractivity contribution in [2.75, 3.05) is 0 Å². The normalized spacial score (nSPS) is 9.16. The van der Waals surface area contributed by atoms with Gasteiger partial charge in [-0.25, -0.2) is 18.3 Å². The van der Waals surface area contributed by atoms with Gasteiger partial charge >= 0.3 is 0 Å². The van der Waals surface area contributed by atoms with Gasteiger partial charge in [-0.2, -0.15) is 0 Å². The molecule has 2 aromatic heterocycles. The third-order valence-corrected chi connectivity index (χ3v) is 3.19. The quantitative estimate of drug-likeness (QED) is 0.550. The molecule has 0 aliphatic carbocycles. The summed E-state index contributed by atoms with van der Waals surface area (Å²) >= 11 is 0. The van der Waals surface area contributed by atoms with E-state index < -0.39 is 5.97 Å². The van der Waals surface area contributed by atoms with Gasteiger partial charge in [0.15, 0.2) is 0 Å². The Balaban J connectivity index is 0. The van der Waals surface area contributed by atoms with Crippen LogP contribution in [0.2, 0.25) is 0 Å². The Morgan fingerprint density at radius 2 is 1.24 bits per heavy atom. The number of carboxylic acids is 1. The topological polar surface area (TPSA) is 57.8 Å². The summed E-state index contributed by atoms with van der Waals surface area (Å²) in [7, 11) is 4.09. The SMILES string of the molecule is CC(=O)[O-].CCCCn1cc[n+](C)c1.CCCCn1cc[n+](C)c1.[Cl-]. The molecule has 2 aromatic rings. The highest BCUT2D eigenvalue weighted by atomic mass is 35.5. The summed E-state index contributed by atoms with van der Waals surface area (Å²) in [4.78, 5) is 8.89. The van der Waals surface area contributed by atoms with Crippen LogP contribution >= 0.6 is 0 Å². The van der Waals surface area contributed by atoms with E-state index in [0.717, 1.165) is 20.0 Å². The summed E-state index contributed by atoms with van der Waals surface area (Å²) in [5.74, 6) is -1.08. The number of imidazole rings is 2. The Morgan fingerprint density at radius 3 is 1.44 bits per heavy atom. The van der Waals surface area contributed by atoms with E-state index in [4.69, 9.17) is 9.90 Å². The number of aliphatic carboxylic acids is 1. The lowest BCUT2D eigenvalue weighted by Crippen LogP contribution is -3.00. The van der Waals surface area contributed by atoms with Crippen molar-refractivity contribution in [1.29, 1.82) is 0 Å².